The molecule has 1 heterocycles. The average Bonchev–Trinajstić information content (AvgIpc) is 2.48. The van der Waals surface area contributed by atoms with Crippen molar-refractivity contribution in [3.63, 3.8) is 0 Å². The topological polar surface area (TPSA) is 70.4 Å². The number of benzene rings is 1. The molecule has 0 amide bonds. The van der Waals surface area contributed by atoms with Gasteiger partial charge in [-0.3, -0.25) is 10.1 Å². The van der Waals surface area contributed by atoms with Gasteiger partial charge in [-0.1, -0.05) is 13.0 Å². The number of anilines is 1. The molecule has 114 valence electrons. The summed E-state index contributed by atoms with van der Waals surface area (Å²) in [5, 5.41) is 17.6. The first-order valence-electron chi connectivity index (χ1n) is 7.13. The highest BCUT2D eigenvalue weighted by atomic mass is 32.1. The summed E-state index contributed by atoms with van der Waals surface area (Å²) in [7, 11) is 0. The monoisotopic (exact) mass is 308 g/mol. The minimum absolute atomic E-state index is 0.0547. The Morgan fingerprint density at radius 3 is 2.81 bits per heavy atom. The number of nitrogens with zero attached hydrogens (tertiary/aromatic N) is 2. The molecule has 1 aliphatic heterocycles. The van der Waals surface area contributed by atoms with Crippen LogP contribution in [0, 0.1) is 10.1 Å². The Kier molecular flexibility index (Phi) is 5.46. The van der Waals surface area contributed by atoms with E-state index in [1.54, 1.807) is 12.1 Å². The molecule has 0 unspecified atom stereocenters. The van der Waals surface area contributed by atoms with Gasteiger partial charge in [0.2, 0.25) is 0 Å². The fourth-order valence-electron chi connectivity index (χ4n) is 2.44. The molecular weight excluding hydrogens is 288 g/mol. The molecule has 0 spiro atoms. The van der Waals surface area contributed by atoms with Gasteiger partial charge in [0, 0.05) is 37.0 Å². The average molecular weight is 308 g/mol. The maximum absolute atomic E-state index is 10.7. The molecule has 21 heavy (non-hydrogen) atoms. The Labute approximate surface area is 129 Å². The van der Waals surface area contributed by atoms with Crippen LogP contribution in [-0.4, -0.2) is 40.6 Å². The molecule has 0 radical (unpaired) electrons. The van der Waals surface area contributed by atoms with Gasteiger partial charge >= 0.3 is 0 Å². The Morgan fingerprint density at radius 2 is 2.19 bits per heavy atom. The van der Waals surface area contributed by atoms with Crippen LogP contribution >= 0.6 is 12.2 Å². The van der Waals surface area contributed by atoms with Crippen molar-refractivity contribution in [1.29, 1.82) is 0 Å². The first kappa shape index (κ1) is 15.7. The van der Waals surface area contributed by atoms with Crippen LogP contribution < -0.4 is 10.6 Å². The van der Waals surface area contributed by atoms with Crippen molar-refractivity contribution in [3.8, 4) is 0 Å². The number of nitro groups is 1. The number of nitro benzene ring substituents is 1. The maximum Gasteiger partial charge on any atom is 0.271 e. The third kappa shape index (κ3) is 4.64. The fraction of sp³-hybridized carbons (Fsp3) is 0.500. The van der Waals surface area contributed by atoms with Crippen LogP contribution in [0.15, 0.2) is 24.3 Å². The van der Waals surface area contributed by atoms with E-state index < -0.39 is 4.92 Å². The number of hydrogen-bond donors (Lipinski definition) is 2. The number of non-ortho nitro benzene ring substituents is 1. The zero-order valence-corrected chi connectivity index (χ0v) is 12.9. The summed E-state index contributed by atoms with van der Waals surface area (Å²) in [5.74, 6) is 0. The van der Waals surface area contributed by atoms with Gasteiger partial charge in [0.1, 0.15) is 0 Å². The summed E-state index contributed by atoms with van der Waals surface area (Å²) < 4.78 is 0. The van der Waals surface area contributed by atoms with Gasteiger partial charge in [0.05, 0.1) is 4.92 Å². The van der Waals surface area contributed by atoms with Gasteiger partial charge in [0.25, 0.3) is 5.69 Å². The van der Waals surface area contributed by atoms with E-state index in [4.69, 9.17) is 12.2 Å². The molecule has 0 saturated carbocycles. The van der Waals surface area contributed by atoms with Crippen molar-refractivity contribution in [2.45, 2.75) is 25.8 Å². The van der Waals surface area contributed by atoms with Crippen molar-refractivity contribution in [2.75, 3.05) is 25.0 Å². The minimum atomic E-state index is -0.415. The summed E-state index contributed by atoms with van der Waals surface area (Å²) in [6.45, 7) is 5.41. The molecule has 2 N–H and O–H groups in total. The zero-order valence-electron chi connectivity index (χ0n) is 12.0. The summed E-state index contributed by atoms with van der Waals surface area (Å²) in [6, 6.07) is 6.71. The van der Waals surface area contributed by atoms with Crippen molar-refractivity contribution in [2.24, 2.45) is 0 Å². The first-order valence-corrected chi connectivity index (χ1v) is 7.53. The van der Waals surface area contributed by atoms with Crippen LogP contribution in [-0.2, 0) is 0 Å². The second-order valence-electron chi connectivity index (χ2n) is 5.11. The van der Waals surface area contributed by atoms with Crippen molar-refractivity contribution in [3.05, 3.63) is 34.4 Å². The lowest BCUT2D eigenvalue weighted by molar-refractivity contribution is -0.384. The Bertz CT molecular complexity index is 515. The molecule has 0 aromatic heterocycles. The molecule has 1 aromatic carbocycles. The number of rotatable bonds is 4. The minimum Gasteiger partial charge on any atom is -0.360 e. The van der Waals surface area contributed by atoms with Crippen molar-refractivity contribution < 1.29 is 4.92 Å². The van der Waals surface area contributed by atoms with Crippen LogP contribution in [0.25, 0.3) is 0 Å². The molecule has 0 aliphatic carbocycles. The highest BCUT2D eigenvalue weighted by Crippen LogP contribution is 2.17. The van der Waals surface area contributed by atoms with Crippen LogP contribution in [0.2, 0.25) is 0 Å². The van der Waals surface area contributed by atoms with E-state index in [1.807, 2.05) is 0 Å². The van der Waals surface area contributed by atoms with E-state index in [0.29, 0.717) is 16.8 Å². The van der Waals surface area contributed by atoms with E-state index in [9.17, 15) is 10.1 Å². The SMILES string of the molecule is CCN1CCC(NC(=S)Nc2cccc([N+](=O)[O-])c2)CC1. The molecule has 6 nitrogen and oxygen atoms in total. The van der Waals surface area contributed by atoms with Gasteiger partial charge in [-0.25, -0.2) is 0 Å². The van der Waals surface area contributed by atoms with Gasteiger partial charge in [-0.15, -0.1) is 0 Å². The van der Waals surface area contributed by atoms with Gasteiger partial charge < -0.3 is 15.5 Å². The largest absolute Gasteiger partial charge is 0.360 e. The van der Waals surface area contributed by atoms with Gasteiger partial charge in [-0.2, -0.15) is 0 Å². The molecule has 0 atom stereocenters. The van der Waals surface area contributed by atoms with Crippen LogP contribution in [0.3, 0.4) is 0 Å². The number of nitrogens with one attached hydrogen (secondary N) is 2. The maximum atomic E-state index is 10.7. The summed E-state index contributed by atoms with van der Waals surface area (Å²) >= 11 is 5.28. The molecular formula is C14H20N4O2S. The van der Waals surface area contributed by atoms with Crippen LogP contribution in [0.4, 0.5) is 11.4 Å². The highest BCUT2D eigenvalue weighted by molar-refractivity contribution is 7.80. The second-order valence-corrected chi connectivity index (χ2v) is 5.52. The predicted molar refractivity (Wildman–Crippen MR) is 87.6 cm³/mol. The van der Waals surface area contributed by atoms with Crippen LogP contribution in [0.1, 0.15) is 19.8 Å². The van der Waals surface area contributed by atoms with Crippen molar-refractivity contribution in [1.82, 2.24) is 10.2 Å². The lowest BCUT2D eigenvalue weighted by Gasteiger charge is -2.32. The zero-order chi connectivity index (χ0) is 15.2. The van der Waals surface area contributed by atoms with Crippen LogP contribution in [0.5, 0.6) is 0 Å². The molecule has 1 fully saturated rings. The lowest BCUT2D eigenvalue weighted by atomic mass is 10.1. The molecule has 1 saturated heterocycles. The predicted octanol–water partition coefficient (Wildman–Crippen LogP) is 2.37. The molecule has 1 aliphatic rings. The third-order valence-electron chi connectivity index (χ3n) is 3.68. The fourth-order valence-corrected chi connectivity index (χ4v) is 2.73. The normalized spacial score (nSPS) is 16.4. The van der Waals surface area contributed by atoms with E-state index in [-0.39, 0.29) is 5.69 Å². The quantitative estimate of drug-likeness (QED) is 0.505. The smallest absolute Gasteiger partial charge is 0.271 e. The molecule has 0 bridgehead atoms. The summed E-state index contributed by atoms with van der Waals surface area (Å²) in [6.07, 6.45) is 2.12. The molecule has 2 rings (SSSR count). The number of piperidine rings is 1. The number of hydrogen-bond acceptors (Lipinski definition) is 4. The Hall–Kier alpha value is -1.73. The Morgan fingerprint density at radius 1 is 1.48 bits per heavy atom. The van der Waals surface area contributed by atoms with Gasteiger partial charge in [0.15, 0.2) is 5.11 Å². The molecule has 1 aromatic rings. The molecule has 7 heteroatoms. The second kappa shape index (κ2) is 7.33. The standard InChI is InChI=1S/C14H20N4O2S/c1-2-17-8-6-11(7-9-17)15-14(21)16-12-4-3-5-13(10-12)18(19)20/h3-5,10-11H,2,6-9H2,1H3,(H2,15,16,21). The first-order chi connectivity index (χ1) is 10.1. The lowest BCUT2D eigenvalue weighted by Crippen LogP contribution is -2.45. The van der Waals surface area contributed by atoms with E-state index in [1.165, 1.54) is 12.1 Å². The summed E-state index contributed by atoms with van der Waals surface area (Å²) in [4.78, 5) is 12.7. The number of thiocarbonyl (C=S) groups is 1. The van der Waals surface area contributed by atoms with Crippen molar-refractivity contribution >= 4 is 28.7 Å². The highest BCUT2D eigenvalue weighted by Gasteiger charge is 2.18. The van der Waals surface area contributed by atoms with Gasteiger partial charge in [-0.05, 0) is 37.7 Å². The summed E-state index contributed by atoms with van der Waals surface area (Å²) in [5.41, 5.74) is 0.687. The Balaban J connectivity index is 1.85. The number of likely N-dealkylation sites (tertiary alicyclic amines) is 1. The van der Waals surface area contributed by atoms with E-state index >= 15 is 0 Å². The van der Waals surface area contributed by atoms with E-state index in [2.05, 4.69) is 22.5 Å². The van der Waals surface area contributed by atoms with E-state index in [0.717, 1.165) is 32.5 Å². The third-order valence-corrected chi connectivity index (χ3v) is 3.90.